The number of pyridine rings is 1. The second kappa shape index (κ2) is 14.4. The number of piperidine rings is 1. The predicted molar refractivity (Wildman–Crippen MR) is 171 cm³/mol. The van der Waals surface area contributed by atoms with Crippen LogP contribution >= 0.6 is 0 Å². The average molecular weight is 615 g/mol. The molecule has 1 aliphatic rings. The molecule has 5 rings (SSSR count). The zero-order valence-corrected chi connectivity index (χ0v) is 25.5. The standard InChI is InChI=1S/C36H37F3N4O2/c1-41(32-17-21-40-22-18-32)31-12-5-29(6-13-31)26-43(35(44)16-9-27-3-10-30(11-4-27)36(37,38)39)33-19-23-42(24-20-33)25-28-7-14-34(45-2)15-8-28/h3-18,21-22,33H,19-20,23-26H2,1-2H3/b16-9+. The highest BCUT2D eigenvalue weighted by Crippen LogP contribution is 2.30. The highest BCUT2D eigenvalue weighted by atomic mass is 19.4. The van der Waals surface area contributed by atoms with Crippen LogP contribution < -0.4 is 9.64 Å². The first-order valence-electron chi connectivity index (χ1n) is 14.9. The molecule has 6 nitrogen and oxygen atoms in total. The Bertz CT molecular complexity index is 1550. The lowest BCUT2D eigenvalue weighted by molar-refractivity contribution is -0.137. The first kappa shape index (κ1) is 31.8. The monoisotopic (exact) mass is 614 g/mol. The largest absolute Gasteiger partial charge is 0.497 e. The number of halogens is 3. The van der Waals surface area contributed by atoms with Gasteiger partial charge in [0, 0.05) is 69.1 Å². The van der Waals surface area contributed by atoms with E-state index in [0.717, 1.165) is 67.3 Å². The maximum Gasteiger partial charge on any atom is 0.416 e. The van der Waals surface area contributed by atoms with Gasteiger partial charge in [-0.25, -0.2) is 0 Å². The number of anilines is 2. The van der Waals surface area contributed by atoms with Crippen LogP contribution in [-0.4, -0.2) is 54.0 Å². The van der Waals surface area contributed by atoms with E-state index in [4.69, 9.17) is 4.74 Å². The molecule has 0 radical (unpaired) electrons. The van der Waals surface area contributed by atoms with Crippen LogP contribution in [0, 0.1) is 0 Å². The number of hydrogen-bond acceptors (Lipinski definition) is 5. The number of hydrogen-bond donors (Lipinski definition) is 0. The molecular formula is C36H37F3N4O2. The number of methoxy groups -OCH3 is 1. The minimum Gasteiger partial charge on any atom is -0.497 e. The van der Waals surface area contributed by atoms with Gasteiger partial charge in [-0.3, -0.25) is 14.7 Å². The summed E-state index contributed by atoms with van der Waals surface area (Å²) in [4.78, 5) is 24.1. The third-order valence-corrected chi connectivity index (χ3v) is 8.23. The van der Waals surface area contributed by atoms with Gasteiger partial charge >= 0.3 is 6.18 Å². The molecule has 234 valence electrons. The first-order chi connectivity index (χ1) is 21.7. The summed E-state index contributed by atoms with van der Waals surface area (Å²) in [5.74, 6) is 0.662. The number of carbonyl (C=O) groups is 1. The van der Waals surface area contributed by atoms with Gasteiger partial charge in [0.05, 0.1) is 12.7 Å². The lowest BCUT2D eigenvalue weighted by atomic mass is 10.0. The number of aromatic nitrogens is 1. The lowest BCUT2D eigenvalue weighted by Gasteiger charge is -2.38. The molecule has 0 atom stereocenters. The zero-order chi connectivity index (χ0) is 31.8. The van der Waals surface area contributed by atoms with Gasteiger partial charge in [0.2, 0.25) is 5.91 Å². The van der Waals surface area contributed by atoms with Crippen molar-refractivity contribution < 1.29 is 22.7 Å². The molecule has 4 aromatic rings. The summed E-state index contributed by atoms with van der Waals surface area (Å²) in [6.45, 7) is 2.95. The number of carbonyl (C=O) groups excluding carboxylic acids is 1. The maximum atomic E-state index is 13.7. The van der Waals surface area contributed by atoms with Gasteiger partial charge in [0.1, 0.15) is 5.75 Å². The first-order valence-corrected chi connectivity index (χ1v) is 14.9. The predicted octanol–water partition coefficient (Wildman–Crippen LogP) is 7.58. The van der Waals surface area contributed by atoms with Gasteiger partial charge < -0.3 is 14.5 Å². The smallest absolute Gasteiger partial charge is 0.416 e. The van der Waals surface area contributed by atoms with E-state index in [9.17, 15) is 18.0 Å². The third-order valence-electron chi connectivity index (χ3n) is 8.23. The molecule has 9 heteroatoms. The number of alkyl halides is 3. The van der Waals surface area contributed by atoms with E-state index in [2.05, 4.69) is 26.9 Å². The fourth-order valence-corrected chi connectivity index (χ4v) is 5.55. The molecule has 0 spiro atoms. The number of ether oxygens (including phenoxy) is 1. The summed E-state index contributed by atoms with van der Waals surface area (Å²) in [5, 5.41) is 0. The molecule has 0 aliphatic carbocycles. The van der Waals surface area contributed by atoms with E-state index in [-0.39, 0.29) is 11.9 Å². The second-order valence-electron chi connectivity index (χ2n) is 11.2. The Labute approximate surface area is 262 Å². The van der Waals surface area contributed by atoms with Crippen molar-refractivity contribution in [3.8, 4) is 5.75 Å². The molecule has 1 amide bonds. The van der Waals surface area contributed by atoms with Gasteiger partial charge in [0.25, 0.3) is 0 Å². The van der Waals surface area contributed by atoms with E-state index < -0.39 is 11.7 Å². The van der Waals surface area contributed by atoms with Gasteiger partial charge in [-0.1, -0.05) is 36.4 Å². The minimum atomic E-state index is -4.40. The van der Waals surface area contributed by atoms with E-state index in [1.165, 1.54) is 23.8 Å². The van der Waals surface area contributed by atoms with Crippen LogP contribution in [0.2, 0.25) is 0 Å². The highest BCUT2D eigenvalue weighted by molar-refractivity contribution is 5.92. The molecule has 0 saturated carbocycles. The number of benzene rings is 3. The summed E-state index contributed by atoms with van der Waals surface area (Å²) < 4.78 is 44.3. The van der Waals surface area contributed by atoms with Crippen LogP contribution in [-0.2, 0) is 24.1 Å². The normalized spacial score (nSPS) is 14.4. The van der Waals surface area contributed by atoms with Crippen LogP contribution in [0.5, 0.6) is 5.75 Å². The van der Waals surface area contributed by atoms with Crippen molar-refractivity contribution in [2.45, 2.75) is 38.1 Å². The molecular weight excluding hydrogens is 577 g/mol. The van der Waals surface area contributed by atoms with Crippen LogP contribution in [0.25, 0.3) is 6.08 Å². The quantitative estimate of drug-likeness (QED) is 0.172. The molecule has 0 bridgehead atoms. The van der Waals surface area contributed by atoms with E-state index in [1.807, 2.05) is 60.5 Å². The zero-order valence-electron chi connectivity index (χ0n) is 25.5. The van der Waals surface area contributed by atoms with E-state index in [0.29, 0.717) is 12.1 Å². The van der Waals surface area contributed by atoms with E-state index >= 15 is 0 Å². The minimum absolute atomic E-state index is 0.0287. The number of likely N-dealkylation sites (tertiary alicyclic amines) is 1. The highest BCUT2D eigenvalue weighted by Gasteiger charge is 2.30. The number of nitrogens with zero attached hydrogens (tertiary/aromatic N) is 4. The summed E-state index contributed by atoms with van der Waals surface area (Å²) >= 11 is 0. The summed E-state index contributed by atoms with van der Waals surface area (Å²) in [5.41, 5.74) is 4.06. The Morgan fingerprint density at radius 1 is 0.889 bits per heavy atom. The molecule has 45 heavy (non-hydrogen) atoms. The van der Waals surface area contributed by atoms with Gasteiger partial charge in [0.15, 0.2) is 0 Å². The van der Waals surface area contributed by atoms with Crippen molar-refractivity contribution >= 4 is 23.4 Å². The summed E-state index contributed by atoms with van der Waals surface area (Å²) in [6, 6.07) is 25.0. The van der Waals surface area contributed by atoms with Crippen molar-refractivity contribution in [2.75, 3.05) is 32.1 Å². The summed E-state index contributed by atoms with van der Waals surface area (Å²) in [7, 11) is 3.65. The Morgan fingerprint density at radius 3 is 2.09 bits per heavy atom. The molecule has 1 aliphatic heterocycles. The van der Waals surface area contributed by atoms with Crippen LogP contribution in [0.4, 0.5) is 24.5 Å². The van der Waals surface area contributed by atoms with Crippen molar-refractivity contribution in [3.63, 3.8) is 0 Å². The fourth-order valence-electron chi connectivity index (χ4n) is 5.55. The Kier molecular flexibility index (Phi) is 10.2. The average Bonchev–Trinajstić information content (AvgIpc) is 3.07. The van der Waals surface area contributed by atoms with Crippen molar-refractivity contribution in [1.29, 1.82) is 0 Å². The molecule has 1 aromatic heterocycles. The molecule has 0 unspecified atom stereocenters. The number of amides is 1. The van der Waals surface area contributed by atoms with Gasteiger partial charge in [-0.05, 0) is 84.1 Å². The SMILES string of the molecule is COc1ccc(CN2CCC(N(Cc3ccc(N(C)c4ccncc4)cc3)C(=O)/C=C/c3ccc(C(F)(F)F)cc3)CC2)cc1. The van der Waals surface area contributed by atoms with Crippen molar-refractivity contribution in [3.05, 3.63) is 126 Å². The van der Waals surface area contributed by atoms with Crippen LogP contribution in [0.1, 0.15) is 35.1 Å². The topological polar surface area (TPSA) is 48.9 Å². The maximum absolute atomic E-state index is 13.7. The lowest BCUT2D eigenvalue weighted by Crippen LogP contribution is -2.46. The molecule has 0 N–H and O–H groups in total. The van der Waals surface area contributed by atoms with Crippen molar-refractivity contribution in [1.82, 2.24) is 14.8 Å². The third kappa shape index (κ3) is 8.51. The van der Waals surface area contributed by atoms with Gasteiger partial charge in [-0.2, -0.15) is 13.2 Å². The Morgan fingerprint density at radius 2 is 1.49 bits per heavy atom. The molecule has 1 saturated heterocycles. The van der Waals surface area contributed by atoms with Gasteiger partial charge in [-0.15, -0.1) is 0 Å². The van der Waals surface area contributed by atoms with Crippen LogP contribution in [0.3, 0.4) is 0 Å². The van der Waals surface area contributed by atoms with Crippen molar-refractivity contribution in [2.24, 2.45) is 0 Å². The molecule has 3 aromatic carbocycles. The fraction of sp³-hybridized carbons (Fsp3) is 0.278. The van der Waals surface area contributed by atoms with Crippen LogP contribution in [0.15, 0.2) is 103 Å². The Hall–Kier alpha value is -4.63. The Balaban J connectivity index is 1.29. The summed E-state index contributed by atoms with van der Waals surface area (Å²) in [6.07, 6.45) is 3.80. The molecule has 1 fully saturated rings. The number of rotatable bonds is 10. The molecule has 2 heterocycles. The second-order valence-corrected chi connectivity index (χ2v) is 11.2. The van der Waals surface area contributed by atoms with E-state index in [1.54, 1.807) is 25.6 Å².